The van der Waals surface area contributed by atoms with Crippen molar-refractivity contribution in [1.29, 1.82) is 0 Å². The summed E-state index contributed by atoms with van der Waals surface area (Å²) in [6.07, 6.45) is 4.07. The zero-order chi connectivity index (χ0) is 24.2. The number of aryl methyl sites for hydroxylation is 2. The van der Waals surface area contributed by atoms with E-state index in [9.17, 15) is 9.59 Å². The quantitative estimate of drug-likeness (QED) is 0.373. The molecule has 0 spiro atoms. The van der Waals surface area contributed by atoms with Crippen LogP contribution in [0, 0.1) is 19.8 Å². The van der Waals surface area contributed by atoms with E-state index in [-0.39, 0.29) is 24.2 Å². The lowest BCUT2D eigenvalue weighted by molar-refractivity contribution is -0.138. The first kappa shape index (κ1) is 23.8. The molecule has 1 heterocycles. The topological polar surface area (TPSA) is 117 Å². The fourth-order valence-electron chi connectivity index (χ4n) is 4.37. The van der Waals surface area contributed by atoms with Crippen molar-refractivity contribution in [2.75, 3.05) is 10.6 Å². The highest BCUT2D eigenvalue weighted by molar-refractivity contribution is 6.31. The minimum absolute atomic E-state index is 0.115. The summed E-state index contributed by atoms with van der Waals surface area (Å²) < 4.78 is 5.48. The van der Waals surface area contributed by atoms with Crippen molar-refractivity contribution in [3.05, 3.63) is 64.0 Å². The van der Waals surface area contributed by atoms with Crippen LogP contribution in [0.15, 0.2) is 40.8 Å². The predicted molar refractivity (Wildman–Crippen MR) is 130 cm³/mol. The molecule has 3 N–H and O–H groups in total. The SMILES string of the molecule is Cc1cc(Nc2nnc(C(=O)Nc3ccc(C4CCC(CC(=O)O)CC4)cc3)o2)c(C)cc1Cl. The lowest BCUT2D eigenvalue weighted by Crippen LogP contribution is -2.16. The van der Waals surface area contributed by atoms with Crippen LogP contribution in [-0.2, 0) is 4.79 Å². The number of nitrogens with one attached hydrogen (secondary N) is 2. The van der Waals surface area contributed by atoms with Crippen molar-refractivity contribution in [3.63, 3.8) is 0 Å². The van der Waals surface area contributed by atoms with Crippen molar-refractivity contribution in [1.82, 2.24) is 10.2 Å². The first-order valence-electron chi connectivity index (χ1n) is 11.3. The van der Waals surface area contributed by atoms with Gasteiger partial charge in [0.25, 0.3) is 0 Å². The average molecular weight is 483 g/mol. The molecule has 0 aliphatic heterocycles. The van der Waals surface area contributed by atoms with Crippen molar-refractivity contribution >= 4 is 40.9 Å². The Labute approximate surface area is 202 Å². The minimum atomic E-state index is -0.720. The van der Waals surface area contributed by atoms with Crippen molar-refractivity contribution < 1.29 is 19.1 Å². The van der Waals surface area contributed by atoms with Gasteiger partial charge in [-0.1, -0.05) is 28.8 Å². The van der Waals surface area contributed by atoms with Crippen LogP contribution in [0.2, 0.25) is 5.02 Å². The van der Waals surface area contributed by atoms with Gasteiger partial charge in [0.1, 0.15) is 0 Å². The van der Waals surface area contributed by atoms with Crippen LogP contribution in [0.25, 0.3) is 0 Å². The fourth-order valence-corrected chi connectivity index (χ4v) is 4.58. The van der Waals surface area contributed by atoms with Gasteiger partial charge < -0.3 is 20.2 Å². The van der Waals surface area contributed by atoms with Gasteiger partial charge in [-0.05, 0) is 92.3 Å². The number of hydrogen-bond acceptors (Lipinski definition) is 6. The number of carbonyl (C=O) groups is 2. The second-order valence-electron chi connectivity index (χ2n) is 8.85. The van der Waals surface area contributed by atoms with E-state index in [1.165, 1.54) is 5.56 Å². The molecule has 0 atom stereocenters. The first-order chi connectivity index (χ1) is 16.3. The highest BCUT2D eigenvalue weighted by atomic mass is 35.5. The molecule has 2 aromatic carbocycles. The molecule has 9 heteroatoms. The Morgan fingerprint density at radius 1 is 1.06 bits per heavy atom. The predicted octanol–water partition coefficient (Wildman–Crippen LogP) is 6.08. The number of benzene rings is 2. The molecule has 0 bridgehead atoms. The maximum Gasteiger partial charge on any atom is 0.320 e. The van der Waals surface area contributed by atoms with E-state index < -0.39 is 11.9 Å². The third-order valence-electron chi connectivity index (χ3n) is 6.32. The third-order valence-corrected chi connectivity index (χ3v) is 6.72. The average Bonchev–Trinajstić information content (AvgIpc) is 3.27. The van der Waals surface area contributed by atoms with Crippen LogP contribution in [-0.4, -0.2) is 27.2 Å². The van der Waals surface area contributed by atoms with E-state index >= 15 is 0 Å². The number of hydrogen-bond donors (Lipinski definition) is 3. The number of carboxylic acid groups (broad SMARTS) is 1. The fraction of sp³-hybridized carbons (Fsp3) is 0.360. The summed E-state index contributed by atoms with van der Waals surface area (Å²) >= 11 is 6.14. The van der Waals surface area contributed by atoms with Crippen LogP contribution >= 0.6 is 11.6 Å². The largest absolute Gasteiger partial charge is 0.481 e. The van der Waals surface area contributed by atoms with Crippen LogP contribution < -0.4 is 10.6 Å². The number of anilines is 3. The highest BCUT2D eigenvalue weighted by Gasteiger charge is 2.24. The van der Waals surface area contributed by atoms with E-state index in [0.29, 0.717) is 16.6 Å². The molecule has 1 aromatic heterocycles. The van der Waals surface area contributed by atoms with Crippen LogP contribution in [0.1, 0.15) is 65.4 Å². The molecule has 1 saturated carbocycles. The molecule has 1 fully saturated rings. The number of aliphatic carboxylic acids is 1. The zero-order valence-electron chi connectivity index (χ0n) is 19.1. The summed E-state index contributed by atoms with van der Waals surface area (Å²) in [4.78, 5) is 23.5. The van der Waals surface area contributed by atoms with E-state index in [0.717, 1.165) is 42.5 Å². The van der Waals surface area contributed by atoms with Gasteiger partial charge in [-0.25, -0.2) is 0 Å². The van der Waals surface area contributed by atoms with Crippen LogP contribution in [0.3, 0.4) is 0 Å². The Balaban J connectivity index is 1.33. The summed E-state index contributed by atoms with van der Waals surface area (Å²) in [5.41, 5.74) is 4.42. The van der Waals surface area contributed by atoms with E-state index in [1.807, 2.05) is 50.2 Å². The molecule has 0 saturated heterocycles. The molecule has 1 amide bonds. The van der Waals surface area contributed by atoms with Gasteiger partial charge in [-0.3, -0.25) is 9.59 Å². The van der Waals surface area contributed by atoms with E-state index in [2.05, 4.69) is 20.8 Å². The van der Waals surface area contributed by atoms with Crippen molar-refractivity contribution in [3.8, 4) is 0 Å². The highest BCUT2D eigenvalue weighted by Crippen LogP contribution is 2.37. The van der Waals surface area contributed by atoms with E-state index in [4.69, 9.17) is 21.1 Å². The minimum Gasteiger partial charge on any atom is -0.481 e. The third kappa shape index (κ3) is 5.75. The lowest BCUT2D eigenvalue weighted by Gasteiger charge is -2.28. The van der Waals surface area contributed by atoms with Gasteiger partial charge in [0.05, 0.1) is 0 Å². The molecule has 34 heavy (non-hydrogen) atoms. The van der Waals surface area contributed by atoms with Gasteiger partial charge in [0, 0.05) is 22.8 Å². The zero-order valence-corrected chi connectivity index (χ0v) is 19.9. The second-order valence-corrected chi connectivity index (χ2v) is 9.25. The Kier molecular flexibility index (Phi) is 7.17. The molecule has 4 rings (SSSR count). The summed E-state index contributed by atoms with van der Waals surface area (Å²) in [7, 11) is 0. The first-order valence-corrected chi connectivity index (χ1v) is 11.7. The number of halogens is 1. The van der Waals surface area contributed by atoms with Crippen LogP contribution in [0.4, 0.5) is 17.4 Å². The number of nitrogens with zero attached hydrogens (tertiary/aromatic N) is 2. The monoisotopic (exact) mass is 482 g/mol. The lowest BCUT2D eigenvalue weighted by atomic mass is 9.77. The Bertz CT molecular complexity index is 1180. The standard InChI is InChI=1S/C25H27ClN4O4/c1-14-12-21(15(2)11-20(14)26)28-25-30-29-24(34-25)23(33)27-19-9-7-18(8-10-19)17-5-3-16(4-6-17)13-22(31)32/h7-12,16-17H,3-6,13H2,1-2H3,(H,27,33)(H,28,30)(H,31,32). The second kappa shape index (κ2) is 10.3. The summed E-state index contributed by atoms with van der Waals surface area (Å²) in [5, 5.41) is 23.2. The molecule has 0 unspecified atom stereocenters. The Morgan fingerprint density at radius 3 is 2.44 bits per heavy atom. The molecule has 0 radical (unpaired) electrons. The number of carbonyl (C=O) groups excluding carboxylic acids is 1. The molecule has 3 aromatic rings. The maximum absolute atomic E-state index is 12.6. The Hall–Kier alpha value is -3.39. The summed E-state index contributed by atoms with van der Waals surface area (Å²) in [6, 6.07) is 11.5. The molecule has 8 nitrogen and oxygen atoms in total. The summed E-state index contributed by atoms with van der Waals surface area (Å²) in [5.74, 6) is -0.672. The number of amides is 1. The number of rotatable bonds is 7. The molecular formula is C25H27ClN4O4. The van der Waals surface area contributed by atoms with Gasteiger partial charge >= 0.3 is 23.8 Å². The smallest absolute Gasteiger partial charge is 0.320 e. The van der Waals surface area contributed by atoms with Crippen molar-refractivity contribution in [2.24, 2.45) is 5.92 Å². The maximum atomic E-state index is 12.6. The van der Waals surface area contributed by atoms with Gasteiger partial charge in [0.2, 0.25) is 0 Å². The van der Waals surface area contributed by atoms with E-state index in [1.54, 1.807) is 0 Å². The van der Waals surface area contributed by atoms with Gasteiger partial charge in [-0.2, -0.15) is 0 Å². The molecule has 1 aliphatic carbocycles. The normalized spacial score (nSPS) is 17.9. The van der Waals surface area contributed by atoms with Crippen molar-refractivity contribution in [2.45, 2.75) is 51.9 Å². The molecule has 178 valence electrons. The number of aromatic nitrogens is 2. The van der Waals surface area contributed by atoms with Gasteiger partial charge in [0.15, 0.2) is 0 Å². The Morgan fingerprint density at radius 2 is 1.76 bits per heavy atom. The molecule has 1 aliphatic rings. The van der Waals surface area contributed by atoms with Crippen LogP contribution in [0.5, 0.6) is 0 Å². The summed E-state index contributed by atoms with van der Waals surface area (Å²) in [6.45, 7) is 3.80. The van der Waals surface area contributed by atoms with Gasteiger partial charge in [-0.15, -0.1) is 5.10 Å². The molecular weight excluding hydrogens is 456 g/mol. The number of carboxylic acids is 1.